The third-order valence-electron chi connectivity index (χ3n) is 3.13. The van der Waals surface area contributed by atoms with E-state index < -0.39 is 4.92 Å². The number of aliphatic hydroxyl groups excluding tert-OH is 2. The molecule has 1 aromatic rings. The molecule has 7 nitrogen and oxygen atoms in total. The van der Waals surface area contributed by atoms with Crippen LogP contribution in [0.25, 0.3) is 0 Å². The zero-order chi connectivity index (χ0) is 13.8. The molecule has 0 radical (unpaired) electrons. The molecule has 0 unspecified atom stereocenters. The van der Waals surface area contributed by atoms with Crippen molar-refractivity contribution >= 4 is 5.82 Å². The Morgan fingerprint density at radius 3 is 2.39 bits per heavy atom. The van der Waals surface area contributed by atoms with E-state index in [1.807, 2.05) is 7.05 Å². The van der Waals surface area contributed by atoms with Crippen molar-refractivity contribution in [1.29, 1.82) is 0 Å². The third-order valence-corrected chi connectivity index (χ3v) is 3.13. The second-order valence-electron chi connectivity index (χ2n) is 4.70. The molecule has 0 saturated heterocycles. The minimum absolute atomic E-state index is 0.0167. The number of nitro groups is 1. The fourth-order valence-electron chi connectivity index (χ4n) is 2.11. The molecule has 102 valence electrons. The first kappa shape index (κ1) is 14.6. The molecule has 1 rings (SSSR count). The summed E-state index contributed by atoms with van der Waals surface area (Å²) in [6.45, 7) is 1.28. The Bertz CT molecular complexity index is 410. The third kappa shape index (κ3) is 3.28. The summed E-state index contributed by atoms with van der Waals surface area (Å²) in [4.78, 5) is 10.6. The first-order chi connectivity index (χ1) is 8.43. The normalized spacial score (nSPS) is 11.8. The molecular weight excluding hydrogens is 238 g/mol. The summed E-state index contributed by atoms with van der Waals surface area (Å²) in [6, 6.07) is 1.71. The highest BCUT2D eigenvalue weighted by molar-refractivity contribution is 5.33. The number of likely N-dealkylation sites (N-methyl/N-ethyl adjacent to an activating group) is 1. The number of hydrogen-bond donors (Lipinski definition) is 2. The first-order valence-corrected chi connectivity index (χ1v) is 5.77. The maximum absolute atomic E-state index is 11.0. The summed E-state index contributed by atoms with van der Waals surface area (Å²) in [7, 11) is 3.49. The zero-order valence-electron chi connectivity index (χ0n) is 10.7. The highest BCUT2D eigenvalue weighted by Crippen LogP contribution is 2.22. The quantitative estimate of drug-likeness (QED) is 0.405. The van der Waals surface area contributed by atoms with Crippen molar-refractivity contribution in [2.45, 2.75) is 6.54 Å². The summed E-state index contributed by atoms with van der Waals surface area (Å²) in [6.07, 6.45) is 1.65. The van der Waals surface area contributed by atoms with Crippen LogP contribution in [0.15, 0.2) is 12.3 Å². The van der Waals surface area contributed by atoms with E-state index in [-0.39, 0.29) is 19.0 Å². The van der Waals surface area contributed by atoms with Gasteiger partial charge in [0.15, 0.2) is 0 Å². The molecule has 0 aliphatic rings. The molecule has 7 heteroatoms. The Morgan fingerprint density at radius 1 is 1.39 bits per heavy atom. The van der Waals surface area contributed by atoms with Gasteiger partial charge >= 0.3 is 5.82 Å². The van der Waals surface area contributed by atoms with Gasteiger partial charge in [0.25, 0.3) is 0 Å². The van der Waals surface area contributed by atoms with E-state index in [2.05, 4.69) is 0 Å². The van der Waals surface area contributed by atoms with Crippen molar-refractivity contribution in [3.8, 4) is 0 Å². The van der Waals surface area contributed by atoms with Crippen molar-refractivity contribution in [2.24, 2.45) is 7.05 Å². The molecule has 0 bridgehead atoms. The Morgan fingerprint density at radius 2 is 1.94 bits per heavy atom. The average molecular weight is 258 g/mol. The van der Waals surface area contributed by atoms with Crippen LogP contribution in [0.1, 0.15) is 5.56 Å². The summed E-state index contributed by atoms with van der Waals surface area (Å²) in [5.41, 5.74) is 0.618. The minimum Gasteiger partial charge on any atom is -0.391 e. The second kappa shape index (κ2) is 5.94. The standard InChI is InChI=1S/C11H20N3O4/c1-12-4-3-10(11(12)13(17)18)9-14(2,5-7-15)6-8-16/h3-4,15-16H,5-9H2,1-2H3/q+1. The number of quaternary nitrogens is 1. The lowest BCUT2D eigenvalue weighted by Gasteiger charge is -2.32. The van der Waals surface area contributed by atoms with Gasteiger partial charge in [0, 0.05) is 0 Å². The summed E-state index contributed by atoms with van der Waals surface area (Å²) in [5, 5.41) is 29.1. The second-order valence-corrected chi connectivity index (χ2v) is 4.70. The molecule has 0 spiro atoms. The van der Waals surface area contributed by atoms with E-state index in [1.165, 1.54) is 4.57 Å². The first-order valence-electron chi connectivity index (χ1n) is 5.77. The van der Waals surface area contributed by atoms with Crippen LogP contribution in [0.3, 0.4) is 0 Å². The highest BCUT2D eigenvalue weighted by atomic mass is 16.6. The highest BCUT2D eigenvalue weighted by Gasteiger charge is 2.27. The van der Waals surface area contributed by atoms with E-state index in [9.17, 15) is 10.1 Å². The lowest BCUT2D eigenvalue weighted by atomic mass is 10.2. The lowest BCUT2D eigenvalue weighted by Crippen LogP contribution is -2.47. The number of aliphatic hydroxyl groups is 2. The van der Waals surface area contributed by atoms with Crippen molar-refractivity contribution < 1.29 is 19.6 Å². The van der Waals surface area contributed by atoms with Crippen molar-refractivity contribution in [1.82, 2.24) is 4.57 Å². The van der Waals surface area contributed by atoms with Crippen LogP contribution in [0, 0.1) is 10.1 Å². The summed E-state index contributed by atoms with van der Waals surface area (Å²) in [5.74, 6) is 0.0650. The van der Waals surface area contributed by atoms with Crippen LogP contribution in [0.2, 0.25) is 0 Å². The van der Waals surface area contributed by atoms with E-state index in [0.717, 1.165) is 0 Å². The van der Waals surface area contributed by atoms with Gasteiger partial charge in [-0.1, -0.05) is 0 Å². The summed E-state index contributed by atoms with van der Waals surface area (Å²) < 4.78 is 1.84. The van der Waals surface area contributed by atoms with E-state index in [4.69, 9.17) is 10.2 Å². The number of rotatable bonds is 7. The molecule has 0 fully saturated rings. The van der Waals surface area contributed by atoms with Gasteiger partial charge in [-0.2, -0.15) is 0 Å². The van der Waals surface area contributed by atoms with Crippen LogP contribution in [-0.4, -0.2) is 57.5 Å². The van der Waals surface area contributed by atoms with Gasteiger partial charge in [0.1, 0.15) is 25.2 Å². The van der Waals surface area contributed by atoms with Crippen LogP contribution in [0.5, 0.6) is 0 Å². The van der Waals surface area contributed by atoms with Crippen molar-refractivity contribution in [3.63, 3.8) is 0 Å². The van der Waals surface area contributed by atoms with Crippen LogP contribution in [0.4, 0.5) is 5.82 Å². The molecule has 1 aromatic heterocycles. The molecule has 0 amide bonds. The van der Waals surface area contributed by atoms with E-state index in [1.54, 1.807) is 19.3 Å². The molecule has 0 aromatic carbocycles. The maximum Gasteiger partial charge on any atom is 0.331 e. The van der Waals surface area contributed by atoms with Gasteiger partial charge in [-0.05, 0) is 11.0 Å². The minimum atomic E-state index is -0.405. The van der Waals surface area contributed by atoms with Crippen molar-refractivity contribution in [2.75, 3.05) is 33.4 Å². The number of aryl methyl sites for hydroxylation is 1. The Balaban J connectivity index is 2.97. The molecule has 0 atom stereocenters. The monoisotopic (exact) mass is 258 g/mol. The van der Waals surface area contributed by atoms with Crippen LogP contribution in [-0.2, 0) is 13.6 Å². The molecular formula is C11H20N3O4+. The van der Waals surface area contributed by atoms with E-state index in [0.29, 0.717) is 29.7 Å². The molecule has 0 aliphatic carbocycles. The van der Waals surface area contributed by atoms with Crippen LogP contribution < -0.4 is 0 Å². The average Bonchev–Trinajstić information content (AvgIpc) is 2.59. The smallest absolute Gasteiger partial charge is 0.331 e. The fourth-order valence-corrected chi connectivity index (χ4v) is 2.11. The van der Waals surface area contributed by atoms with Crippen LogP contribution >= 0.6 is 0 Å². The van der Waals surface area contributed by atoms with E-state index >= 15 is 0 Å². The predicted molar refractivity (Wildman–Crippen MR) is 65.9 cm³/mol. The van der Waals surface area contributed by atoms with Gasteiger partial charge in [-0.3, -0.25) is 0 Å². The number of aromatic nitrogens is 1. The van der Waals surface area contributed by atoms with Gasteiger partial charge in [0.05, 0.1) is 33.5 Å². The van der Waals surface area contributed by atoms with Gasteiger partial charge < -0.3 is 24.8 Å². The zero-order valence-corrected chi connectivity index (χ0v) is 10.7. The van der Waals surface area contributed by atoms with Gasteiger partial charge in [-0.25, -0.2) is 4.57 Å². The molecule has 0 saturated carbocycles. The fraction of sp³-hybridized carbons (Fsp3) is 0.636. The maximum atomic E-state index is 11.0. The Hall–Kier alpha value is -1.44. The molecule has 2 N–H and O–H groups in total. The largest absolute Gasteiger partial charge is 0.391 e. The molecule has 0 aliphatic heterocycles. The Kier molecular flexibility index (Phi) is 4.83. The lowest BCUT2D eigenvalue weighted by molar-refractivity contribution is -0.923. The molecule has 1 heterocycles. The SMILES string of the molecule is Cn1ccc(C[N+](C)(CCO)CCO)c1[N+](=O)[O-]. The van der Waals surface area contributed by atoms with Gasteiger partial charge in [0.2, 0.25) is 0 Å². The molecule has 18 heavy (non-hydrogen) atoms. The number of nitrogens with zero attached hydrogens (tertiary/aromatic N) is 3. The summed E-state index contributed by atoms with van der Waals surface area (Å²) >= 11 is 0. The topological polar surface area (TPSA) is 88.5 Å². The van der Waals surface area contributed by atoms with Crippen molar-refractivity contribution in [3.05, 3.63) is 27.9 Å². The predicted octanol–water partition coefficient (Wildman–Crippen LogP) is -0.135. The Labute approximate surface area is 106 Å². The number of hydrogen-bond acceptors (Lipinski definition) is 4. The van der Waals surface area contributed by atoms with Gasteiger partial charge in [-0.15, -0.1) is 0 Å².